The van der Waals surface area contributed by atoms with Gasteiger partial charge in [0.25, 0.3) is 5.91 Å². The molecule has 0 radical (unpaired) electrons. The molecule has 1 aliphatic rings. The van der Waals surface area contributed by atoms with Gasteiger partial charge in [0.1, 0.15) is 12.4 Å². The van der Waals surface area contributed by atoms with Crippen LogP contribution < -0.4 is 16.2 Å². The van der Waals surface area contributed by atoms with Crippen LogP contribution in [0.4, 0.5) is 4.79 Å². The van der Waals surface area contributed by atoms with Crippen LogP contribution in [0.15, 0.2) is 18.2 Å². The van der Waals surface area contributed by atoms with Gasteiger partial charge in [0.05, 0.1) is 12.1 Å². The molecule has 1 fully saturated rings. The molecule has 152 valence electrons. The van der Waals surface area contributed by atoms with Crippen LogP contribution in [-0.4, -0.2) is 84.9 Å². The quantitative estimate of drug-likeness (QED) is 0.340. The Kier molecular flexibility index (Phi) is 8.07. The minimum absolute atomic E-state index is 0.00149. The van der Waals surface area contributed by atoms with E-state index in [1.165, 1.54) is 0 Å². The Morgan fingerprint density at radius 1 is 1.25 bits per heavy atom. The highest BCUT2D eigenvalue weighted by Crippen LogP contribution is 2.19. The summed E-state index contributed by atoms with van der Waals surface area (Å²) in [7, 11) is 2.11. The van der Waals surface area contributed by atoms with E-state index in [1.807, 2.05) is 0 Å². The summed E-state index contributed by atoms with van der Waals surface area (Å²) in [5.74, 6) is 5.50. The second-order valence-corrected chi connectivity index (χ2v) is 6.58. The Morgan fingerprint density at radius 2 is 1.96 bits per heavy atom. The molecular formula is C19H27N5O4. The first kappa shape index (κ1) is 21.5. The van der Waals surface area contributed by atoms with Gasteiger partial charge in [0.15, 0.2) is 0 Å². The van der Waals surface area contributed by atoms with Crippen LogP contribution in [0.2, 0.25) is 0 Å². The number of primary amides is 2. The maximum absolute atomic E-state index is 11.8. The number of nitrogens with zero attached hydrogens (tertiary/aromatic N) is 3. The number of amides is 3. The SMILES string of the molecule is CN1CCN(CCOc2ccc(C#CCCN(O)C(N)=O)cc2C(N)=O)CC1. The first-order chi connectivity index (χ1) is 13.4. The molecule has 0 aliphatic carbocycles. The lowest BCUT2D eigenvalue weighted by atomic mass is 10.1. The van der Waals surface area contributed by atoms with E-state index in [4.69, 9.17) is 16.2 Å². The number of rotatable bonds is 7. The molecule has 2 rings (SSSR count). The summed E-state index contributed by atoms with van der Waals surface area (Å²) in [5.41, 5.74) is 11.2. The molecule has 28 heavy (non-hydrogen) atoms. The molecule has 9 heteroatoms. The van der Waals surface area contributed by atoms with Crippen LogP contribution in [0.1, 0.15) is 22.3 Å². The lowest BCUT2D eigenvalue weighted by molar-refractivity contribution is -0.0372. The zero-order chi connectivity index (χ0) is 20.5. The number of hydrogen-bond donors (Lipinski definition) is 3. The van der Waals surface area contributed by atoms with Gasteiger partial charge in [-0.05, 0) is 25.2 Å². The highest BCUT2D eigenvalue weighted by atomic mass is 16.5. The second-order valence-electron chi connectivity index (χ2n) is 6.58. The molecule has 1 aliphatic heterocycles. The summed E-state index contributed by atoms with van der Waals surface area (Å²) in [6.07, 6.45) is 0.231. The molecule has 0 spiro atoms. The molecule has 0 saturated carbocycles. The van der Waals surface area contributed by atoms with Crippen molar-refractivity contribution in [2.45, 2.75) is 6.42 Å². The lowest BCUT2D eigenvalue weighted by Gasteiger charge is -2.32. The molecule has 5 N–H and O–H groups in total. The molecule has 0 bridgehead atoms. The monoisotopic (exact) mass is 389 g/mol. The molecular weight excluding hydrogens is 362 g/mol. The van der Waals surface area contributed by atoms with Gasteiger partial charge < -0.3 is 21.1 Å². The standard InChI is InChI=1S/C19H27N5O4/c1-22-8-10-23(11-9-22)12-13-28-17-6-5-15(14-16(17)18(20)25)4-2-3-7-24(27)19(21)26/h5-6,14,27H,3,7-13H2,1H3,(H2,20,25)(H2,21,26). The molecule has 1 saturated heterocycles. The van der Waals surface area contributed by atoms with Gasteiger partial charge in [-0.3, -0.25) is 14.9 Å². The lowest BCUT2D eigenvalue weighted by Crippen LogP contribution is -2.45. The van der Waals surface area contributed by atoms with Gasteiger partial charge in [-0.25, -0.2) is 9.86 Å². The summed E-state index contributed by atoms with van der Waals surface area (Å²) >= 11 is 0. The van der Waals surface area contributed by atoms with Crippen LogP contribution in [0.3, 0.4) is 0 Å². The van der Waals surface area contributed by atoms with Gasteiger partial charge in [-0.15, -0.1) is 0 Å². The minimum Gasteiger partial charge on any atom is -0.491 e. The molecule has 1 aromatic rings. The van der Waals surface area contributed by atoms with E-state index in [9.17, 15) is 14.8 Å². The van der Waals surface area contributed by atoms with Crippen LogP contribution in [0.5, 0.6) is 5.75 Å². The Bertz CT molecular complexity index is 750. The predicted molar refractivity (Wildman–Crippen MR) is 104 cm³/mol. The second kappa shape index (κ2) is 10.5. The van der Waals surface area contributed by atoms with Gasteiger partial charge >= 0.3 is 6.03 Å². The average molecular weight is 389 g/mol. The third-order valence-corrected chi connectivity index (χ3v) is 4.44. The average Bonchev–Trinajstić information content (AvgIpc) is 2.67. The molecule has 9 nitrogen and oxygen atoms in total. The molecule has 1 heterocycles. The third kappa shape index (κ3) is 6.74. The largest absolute Gasteiger partial charge is 0.491 e. The molecule has 0 aromatic heterocycles. The van der Waals surface area contributed by atoms with Crippen LogP contribution in [-0.2, 0) is 0 Å². The summed E-state index contributed by atoms with van der Waals surface area (Å²) in [4.78, 5) is 27.1. The minimum atomic E-state index is -0.934. The summed E-state index contributed by atoms with van der Waals surface area (Å²) in [5, 5.41) is 9.56. The van der Waals surface area contributed by atoms with Gasteiger partial charge in [-0.2, -0.15) is 0 Å². The van der Waals surface area contributed by atoms with Crippen molar-refractivity contribution in [3.8, 4) is 17.6 Å². The van der Waals surface area contributed by atoms with E-state index >= 15 is 0 Å². The topological polar surface area (TPSA) is 125 Å². The van der Waals surface area contributed by atoms with E-state index in [1.54, 1.807) is 18.2 Å². The molecule has 0 atom stereocenters. The highest BCUT2D eigenvalue weighted by Gasteiger charge is 2.14. The number of carbonyl (C=O) groups excluding carboxylic acids is 2. The number of carbonyl (C=O) groups is 2. The van der Waals surface area contributed by atoms with Crippen LogP contribution >= 0.6 is 0 Å². The van der Waals surface area contributed by atoms with Crippen molar-refractivity contribution in [3.63, 3.8) is 0 Å². The van der Waals surface area contributed by atoms with E-state index in [0.717, 1.165) is 32.7 Å². The number of hydrogen-bond acceptors (Lipinski definition) is 6. The number of likely N-dealkylation sites (N-methyl/N-ethyl adjacent to an activating group) is 1. The fraction of sp³-hybridized carbons (Fsp3) is 0.474. The molecule has 3 amide bonds. The normalized spacial score (nSPS) is 14.8. The third-order valence-electron chi connectivity index (χ3n) is 4.44. The number of nitrogens with two attached hydrogens (primary N) is 2. The van der Waals surface area contributed by atoms with Crippen LogP contribution in [0.25, 0.3) is 0 Å². The smallest absolute Gasteiger partial charge is 0.338 e. The van der Waals surface area contributed by atoms with E-state index < -0.39 is 11.9 Å². The van der Waals surface area contributed by atoms with Crippen molar-refractivity contribution >= 4 is 11.9 Å². The predicted octanol–water partition coefficient (Wildman–Crippen LogP) is -0.0768. The molecule has 0 unspecified atom stereocenters. The van der Waals surface area contributed by atoms with Crippen molar-refractivity contribution in [2.75, 3.05) is 52.9 Å². The Labute approximate surface area is 164 Å². The first-order valence-electron chi connectivity index (χ1n) is 9.09. The van der Waals surface area contributed by atoms with E-state index in [-0.39, 0.29) is 18.5 Å². The molecule has 1 aromatic carbocycles. The van der Waals surface area contributed by atoms with Crippen LogP contribution in [0, 0.1) is 11.8 Å². The van der Waals surface area contributed by atoms with E-state index in [0.29, 0.717) is 23.0 Å². The van der Waals surface area contributed by atoms with E-state index in [2.05, 4.69) is 28.7 Å². The number of hydroxylamine groups is 2. The Hall–Kier alpha value is -2.80. The Balaban J connectivity index is 1.91. The van der Waals surface area contributed by atoms with Crippen molar-refractivity contribution in [1.82, 2.24) is 14.9 Å². The zero-order valence-corrected chi connectivity index (χ0v) is 16.1. The number of ether oxygens (including phenoxy) is 1. The summed E-state index contributed by atoms with van der Waals surface area (Å²) in [6.45, 7) is 5.31. The van der Waals surface area contributed by atoms with Crippen molar-refractivity contribution in [2.24, 2.45) is 11.5 Å². The van der Waals surface area contributed by atoms with Gasteiger partial charge in [0.2, 0.25) is 0 Å². The fourth-order valence-corrected chi connectivity index (χ4v) is 2.72. The Morgan fingerprint density at radius 3 is 2.61 bits per heavy atom. The van der Waals surface area contributed by atoms with Crippen molar-refractivity contribution < 1.29 is 19.5 Å². The number of urea groups is 1. The van der Waals surface area contributed by atoms with Gasteiger partial charge in [0, 0.05) is 44.7 Å². The van der Waals surface area contributed by atoms with Crippen molar-refractivity contribution in [1.29, 1.82) is 0 Å². The maximum Gasteiger partial charge on any atom is 0.338 e. The zero-order valence-electron chi connectivity index (χ0n) is 16.1. The summed E-state index contributed by atoms with van der Waals surface area (Å²) < 4.78 is 5.77. The van der Waals surface area contributed by atoms with Gasteiger partial charge in [-0.1, -0.05) is 11.8 Å². The number of benzene rings is 1. The maximum atomic E-state index is 11.8. The fourth-order valence-electron chi connectivity index (χ4n) is 2.72. The first-order valence-corrected chi connectivity index (χ1v) is 9.09. The summed E-state index contributed by atoms with van der Waals surface area (Å²) in [6, 6.07) is 4.05. The van der Waals surface area contributed by atoms with Crippen molar-refractivity contribution in [3.05, 3.63) is 29.3 Å². The number of piperazine rings is 1. The highest BCUT2D eigenvalue weighted by molar-refractivity contribution is 5.96.